The maximum atomic E-state index is 11.8. The molecular formula is C19H16BrF3N2NiO2-. The molecule has 0 aliphatic carbocycles. The van der Waals surface area contributed by atoms with Crippen LogP contribution >= 0.6 is 14.2 Å². The first-order valence-electron chi connectivity index (χ1n) is 7.59. The molecule has 28 heavy (non-hydrogen) atoms. The fourth-order valence-electron chi connectivity index (χ4n) is 1.93. The van der Waals surface area contributed by atoms with Gasteiger partial charge in [0.25, 0.3) is 0 Å². The van der Waals surface area contributed by atoms with Crippen LogP contribution in [-0.4, -0.2) is 24.2 Å². The van der Waals surface area contributed by atoms with Gasteiger partial charge in [0, 0.05) is 24.5 Å². The summed E-state index contributed by atoms with van der Waals surface area (Å²) in [5.41, 5.74) is 0.891. The molecule has 0 N–H and O–H groups in total. The van der Waals surface area contributed by atoms with Crippen molar-refractivity contribution in [1.82, 2.24) is 9.97 Å². The van der Waals surface area contributed by atoms with Crippen LogP contribution in [0.4, 0.5) is 13.2 Å². The second-order valence-electron chi connectivity index (χ2n) is 4.95. The molecule has 0 aliphatic rings. The number of alkyl halides is 3. The molecule has 0 atom stereocenters. The van der Waals surface area contributed by atoms with Gasteiger partial charge < -0.3 is 9.47 Å². The van der Waals surface area contributed by atoms with Crippen molar-refractivity contribution < 1.29 is 36.3 Å². The summed E-state index contributed by atoms with van der Waals surface area (Å²) in [7, 11) is 3.25. The molecule has 0 amide bonds. The van der Waals surface area contributed by atoms with Crippen molar-refractivity contribution in [3.63, 3.8) is 0 Å². The van der Waals surface area contributed by atoms with Crippen LogP contribution in [0.5, 0.6) is 11.5 Å². The number of aromatic nitrogens is 2. The first kappa shape index (κ1) is 23.9. The molecule has 2 heterocycles. The molecule has 0 saturated heterocycles. The number of halogens is 4. The van der Waals surface area contributed by atoms with E-state index < -0.39 is 11.7 Å². The van der Waals surface area contributed by atoms with Gasteiger partial charge in [-0.2, -0.15) is 43.5 Å². The summed E-state index contributed by atoms with van der Waals surface area (Å²) in [4.78, 5) is 8.47. The summed E-state index contributed by atoms with van der Waals surface area (Å²) < 4.78 is 45.6. The zero-order valence-corrected chi connectivity index (χ0v) is 17.4. The Morgan fingerprint density at radius 3 is 1.61 bits per heavy atom. The van der Waals surface area contributed by atoms with Crippen LogP contribution in [0.15, 0.2) is 60.9 Å². The van der Waals surface area contributed by atoms with Gasteiger partial charge in [0.15, 0.2) is 0 Å². The molecule has 0 bridgehead atoms. The summed E-state index contributed by atoms with van der Waals surface area (Å²) in [6, 6.07) is 14.2. The van der Waals surface area contributed by atoms with Crippen molar-refractivity contribution in [2.45, 2.75) is 6.18 Å². The van der Waals surface area contributed by atoms with Gasteiger partial charge in [0.2, 0.25) is 0 Å². The monoisotopic (exact) mass is 498 g/mol. The van der Waals surface area contributed by atoms with E-state index in [0.717, 1.165) is 35.0 Å². The SMILES string of the molecule is COc1ccnc(-c2cc(OC)ccn2)c1.FC(F)(F)c1cc[c-]cc1.[Ni][Br]. The third-order valence-electron chi connectivity index (χ3n) is 3.24. The number of hydrogen-bond acceptors (Lipinski definition) is 4. The number of ether oxygens (including phenoxy) is 2. The molecule has 0 saturated carbocycles. The molecule has 0 unspecified atom stereocenters. The van der Waals surface area contributed by atoms with E-state index in [1.807, 2.05) is 12.1 Å². The molecule has 0 radical (unpaired) electrons. The van der Waals surface area contributed by atoms with Gasteiger partial charge in [-0.05, 0) is 12.1 Å². The van der Waals surface area contributed by atoms with E-state index in [-0.39, 0.29) is 0 Å². The zero-order valence-electron chi connectivity index (χ0n) is 14.8. The third kappa shape index (κ3) is 7.86. The van der Waals surface area contributed by atoms with Gasteiger partial charge >= 0.3 is 34.1 Å². The normalized spacial score (nSPS) is 10.0. The molecule has 3 aromatic rings. The van der Waals surface area contributed by atoms with Crippen molar-refractivity contribution in [2.75, 3.05) is 14.2 Å². The Kier molecular flexibility index (Phi) is 10.6. The quantitative estimate of drug-likeness (QED) is 0.352. The topological polar surface area (TPSA) is 44.2 Å². The summed E-state index contributed by atoms with van der Waals surface area (Å²) in [5.74, 6) is 1.52. The van der Waals surface area contributed by atoms with Crippen LogP contribution in [0.2, 0.25) is 0 Å². The van der Waals surface area contributed by atoms with Crippen LogP contribution in [-0.2, 0) is 19.9 Å². The average molecular weight is 500 g/mol. The molecule has 0 fully saturated rings. The fraction of sp³-hybridized carbons (Fsp3) is 0.158. The van der Waals surface area contributed by atoms with Crippen molar-refractivity contribution in [3.05, 3.63) is 72.6 Å². The Balaban J connectivity index is 0.000000281. The Hall–Kier alpha value is -2.12. The van der Waals surface area contributed by atoms with Crippen molar-refractivity contribution >= 4 is 14.2 Å². The first-order chi connectivity index (χ1) is 13.4. The van der Waals surface area contributed by atoms with E-state index in [1.54, 1.807) is 38.7 Å². The van der Waals surface area contributed by atoms with Crippen LogP contribution in [0, 0.1) is 6.07 Å². The minimum atomic E-state index is -4.23. The molecule has 2 aromatic heterocycles. The Morgan fingerprint density at radius 2 is 1.29 bits per heavy atom. The van der Waals surface area contributed by atoms with Crippen molar-refractivity contribution in [1.29, 1.82) is 0 Å². The van der Waals surface area contributed by atoms with E-state index in [9.17, 15) is 13.2 Å². The van der Waals surface area contributed by atoms with Crippen LogP contribution in [0.25, 0.3) is 11.4 Å². The molecule has 9 heteroatoms. The predicted octanol–water partition coefficient (Wildman–Crippen LogP) is 5.51. The Labute approximate surface area is 176 Å². The summed E-state index contributed by atoms with van der Waals surface area (Å²) in [5, 5.41) is 0. The molecule has 0 spiro atoms. The first-order valence-corrected chi connectivity index (χ1v) is 10.0. The van der Waals surface area contributed by atoms with Gasteiger partial charge in [0.1, 0.15) is 11.5 Å². The van der Waals surface area contributed by atoms with E-state index in [0.29, 0.717) is 0 Å². The zero-order chi connectivity index (χ0) is 21.0. The summed E-state index contributed by atoms with van der Waals surface area (Å²) >= 11 is 6.25. The predicted molar refractivity (Wildman–Crippen MR) is 99.8 cm³/mol. The Morgan fingerprint density at radius 1 is 0.857 bits per heavy atom. The van der Waals surface area contributed by atoms with E-state index in [1.165, 1.54) is 12.1 Å². The van der Waals surface area contributed by atoms with E-state index in [4.69, 9.17) is 9.47 Å². The summed E-state index contributed by atoms with van der Waals surface area (Å²) in [6.45, 7) is 0. The number of hydrogen-bond donors (Lipinski definition) is 0. The van der Waals surface area contributed by atoms with Crippen LogP contribution in [0.3, 0.4) is 0 Å². The van der Waals surface area contributed by atoms with Gasteiger partial charge in [-0.25, -0.2) is 0 Å². The molecule has 153 valence electrons. The number of pyridine rings is 2. The maximum absolute atomic E-state index is 11.8. The average Bonchev–Trinajstić information content (AvgIpc) is 2.76. The van der Waals surface area contributed by atoms with Crippen LogP contribution < -0.4 is 9.47 Å². The Bertz CT molecular complexity index is 791. The fourth-order valence-corrected chi connectivity index (χ4v) is 1.93. The molecule has 3 rings (SSSR count). The van der Waals surface area contributed by atoms with E-state index in [2.05, 4.69) is 44.0 Å². The molecule has 4 nitrogen and oxygen atoms in total. The number of rotatable bonds is 3. The van der Waals surface area contributed by atoms with Gasteiger partial charge in [-0.15, -0.1) is 0 Å². The molecule has 1 aromatic carbocycles. The van der Waals surface area contributed by atoms with Crippen LogP contribution in [0.1, 0.15) is 5.56 Å². The minimum absolute atomic E-state index is 0.633. The van der Waals surface area contributed by atoms with Gasteiger partial charge in [-0.1, -0.05) is 5.56 Å². The number of benzene rings is 1. The molecular weight excluding hydrogens is 484 g/mol. The van der Waals surface area contributed by atoms with Crippen molar-refractivity contribution in [3.8, 4) is 22.9 Å². The number of methoxy groups -OCH3 is 2. The second kappa shape index (κ2) is 12.4. The standard InChI is InChI=1S/C12H12N2O2.C7H4F3.BrH.Ni/c1-15-9-3-5-13-11(7-9)12-8-10(16-2)4-6-14-12;8-7(9,10)6-4-2-1-3-5-6;;/h3-8H,1-2H3;2-5H;1H;/q;-1;;+1/p-1. The molecule has 0 aliphatic heterocycles. The van der Waals surface area contributed by atoms with Crippen molar-refractivity contribution in [2.24, 2.45) is 0 Å². The second-order valence-corrected chi connectivity index (χ2v) is 4.95. The van der Waals surface area contributed by atoms with E-state index >= 15 is 0 Å². The summed E-state index contributed by atoms with van der Waals surface area (Å²) in [6.07, 6.45) is -0.847. The van der Waals surface area contributed by atoms with Gasteiger partial charge in [0.05, 0.1) is 25.6 Å². The van der Waals surface area contributed by atoms with Gasteiger partial charge in [-0.3, -0.25) is 9.97 Å². The third-order valence-corrected chi connectivity index (χ3v) is 3.24. The number of nitrogens with zero attached hydrogens (tertiary/aromatic N) is 2.